The summed E-state index contributed by atoms with van der Waals surface area (Å²) < 4.78 is 59.2. The van der Waals surface area contributed by atoms with Crippen LogP contribution in [0, 0.1) is 11.6 Å². The Labute approximate surface area is 187 Å². The molecule has 0 aliphatic heterocycles. The van der Waals surface area contributed by atoms with Crippen molar-refractivity contribution in [2.75, 3.05) is 6.26 Å². The van der Waals surface area contributed by atoms with Crippen LogP contribution in [0.3, 0.4) is 0 Å². The highest BCUT2D eigenvalue weighted by molar-refractivity contribution is 7.89. The zero-order valence-electron chi connectivity index (χ0n) is 17.2. The average Bonchev–Trinajstić information content (AvgIpc) is 3.47. The van der Waals surface area contributed by atoms with Gasteiger partial charge in [-0.2, -0.15) is 14.2 Å². The first-order valence-electron chi connectivity index (χ1n) is 9.64. The van der Waals surface area contributed by atoms with Crippen molar-refractivity contribution in [2.24, 2.45) is 5.73 Å². The van der Waals surface area contributed by atoms with E-state index < -0.39 is 45.0 Å². The zero-order chi connectivity index (χ0) is 24.0. The molecule has 1 aliphatic carbocycles. The van der Waals surface area contributed by atoms with Crippen LogP contribution in [0.4, 0.5) is 13.6 Å². The third-order valence-electron chi connectivity index (χ3n) is 5.29. The normalized spacial score (nSPS) is 14.5. The minimum atomic E-state index is -3.73. The third kappa shape index (κ3) is 4.42. The molecule has 0 bridgehead atoms. The summed E-state index contributed by atoms with van der Waals surface area (Å²) in [4.78, 5) is 23.4. The number of primary amides is 1. The first-order valence-corrected chi connectivity index (χ1v) is 11.5. The van der Waals surface area contributed by atoms with Crippen LogP contribution in [0.2, 0.25) is 0 Å². The van der Waals surface area contributed by atoms with Gasteiger partial charge < -0.3 is 10.5 Å². The fourth-order valence-electron chi connectivity index (χ4n) is 3.56. The van der Waals surface area contributed by atoms with Crippen LogP contribution >= 0.6 is 0 Å². The number of hydrogen-bond donors (Lipinski definition) is 2. The SMILES string of the molecule is CS(=O)(=O)NC(=O)C1(c2ccc(-c3ccc(-n4ncc(F)c4OC(N)=O)cc3)c(F)c2)CC1. The molecule has 2 aromatic carbocycles. The van der Waals surface area contributed by atoms with Gasteiger partial charge in [-0.15, -0.1) is 0 Å². The van der Waals surface area contributed by atoms with E-state index in [-0.39, 0.29) is 5.56 Å². The molecule has 1 aromatic heterocycles. The highest BCUT2D eigenvalue weighted by atomic mass is 32.2. The van der Waals surface area contributed by atoms with Crippen LogP contribution in [0.5, 0.6) is 5.88 Å². The molecule has 4 rings (SSSR count). The minimum Gasteiger partial charge on any atom is -0.388 e. The molecule has 33 heavy (non-hydrogen) atoms. The fraction of sp³-hybridized carbons (Fsp3) is 0.190. The molecular weight excluding hydrogens is 458 g/mol. The molecule has 2 amide bonds. The number of sulfonamides is 1. The maximum Gasteiger partial charge on any atom is 0.411 e. The standard InChI is InChI=1S/C21H18F2N4O5S/c1-33(30,31)26-19(28)21(8-9-21)13-4-7-15(16(22)10-13)12-2-5-14(6-3-12)27-18(32-20(24)29)17(23)11-25-27/h2-7,10-11H,8-9H2,1H3,(H2,24,29)(H,26,28). The Morgan fingerprint density at radius 1 is 1.12 bits per heavy atom. The van der Waals surface area contributed by atoms with Gasteiger partial charge in [0, 0.05) is 5.56 Å². The molecule has 1 aliphatic rings. The Bertz CT molecular complexity index is 1370. The van der Waals surface area contributed by atoms with Gasteiger partial charge in [0.25, 0.3) is 5.88 Å². The number of hydrogen-bond acceptors (Lipinski definition) is 6. The van der Waals surface area contributed by atoms with Crippen molar-refractivity contribution in [3.63, 3.8) is 0 Å². The maximum atomic E-state index is 14.9. The number of rotatable bonds is 6. The number of ether oxygens (including phenoxy) is 1. The molecule has 1 heterocycles. The summed E-state index contributed by atoms with van der Waals surface area (Å²) in [6.45, 7) is 0. The van der Waals surface area contributed by atoms with Gasteiger partial charge >= 0.3 is 6.09 Å². The van der Waals surface area contributed by atoms with Crippen LogP contribution < -0.4 is 15.2 Å². The lowest BCUT2D eigenvalue weighted by Crippen LogP contribution is -2.38. The second-order valence-corrected chi connectivity index (χ2v) is 9.41. The van der Waals surface area contributed by atoms with E-state index in [4.69, 9.17) is 5.73 Å². The molecule has 9 nitrogen and oxygen atoms in total. The van der Waals surface area contributed by atoms with E-state index >= 15 is 0 Å². The lowest BCUT2D eigenvalue weighted by Gasteiger charge is -2.16. The van der Waals surface area contributed by atoms with Crippen LogP contribution in [0.15, 0.2) is 48.7 Å². The fourth-order valence-corrected chi connectivity index (χ4v) is 4.09. The van der Waals surface area contributed by atoms with E-state index in [1.165, 1.54) is 24.3 Å². The number of carbonyl (C=O) groups is 2. The van der Waals surface area contributed by atoms with Crippen molar-refractivity contribution in [3.05, 3.63) is 65.9 Å². The van der Waals surface area contributed by atoms with E-state index in [9.17, 15) is 26.8 Å². The average molecular weight is 476 g/mol. The van der Waals surface area contributed by atoms with Gasteiger partial charge in [-0.25, -0.2) is 17.6 Å². The zero-order valence-corrected chi connectivity index (χ0v) is 18.0. The molecule has 1 fully saturated rings. The number of nitrogens with zero attached hydrogens (tertiary/aromatic N) is 2. The van der Waals surface area contributed by atoms with Crippen LogP contribution in [-0.2, 0) is 20.2 Å². The number of nitrogens with one attached hydrogen (secondary N) is 1. The van der Waals surface area contributed by atoms with Crippen molar-refractivity contribution in [3.8, 4) is 22.7 Å². The van der Waals surface area contributed by atoms with Gasteiger partial charge in [0.1, 0.15) is 5.82 Å². The van der Waals surface area contributed by atoms with Gasteiger partial charge in [-0.1, -0.05) is 24.3 Å². The lowest BCUT2D eigenvalue weighted by molar-refractivity contribution is -0.121. The van der Waals surface area contributed by atoms with Crippen molar-refractivity contribution in [1.82, 2.24) is 14.5 Å². The number of benzene rings is 2. The molecule has 0 spiro atoms. The van der Waals surface area contributed by atoms with Crippen LogP contribution in [-0.4, -0.2) is 36.5 Å². The van der Waals surface area contributed by atoms with E-state index in [2.05, 4.69) is 9.84 Å². The number of aromatic nitrogens is 2. The first kappa shape index (κ1) is 22.4. The Morgan fingerprint density at radius 2 is 1.79 bits per heavy atom. The highest BCUT2D eigenvalue weighted by Crippen LogP contribution is 2.49. The third-order valence-corrected chi connectivity index (χ3v) is 5.84. The Balaban J connectivity index is 1.60. The topological polar surface area (TPSA) is 133 Å². The molecule has 172 valence electrons. The van der Waals surface area contributed by atoms with Crippen LogP contribution in [0.1, 0.15) is 18.4 Å². The monoisotopic (exact) mass is 476 g/mol. The van der Waals surface area contributed by atoms with E-state index in [1.807, 2.05) is 4.72 Å². The minimum absolute atomic E-state index is 0.241. The van der Waals surface area contributed by atoms with E-state index in [1.54, 1.807) is 18.2 Å². The summed E-state index contributed by atoms with van der Waals surface area (Å²) in [5.41, 5.74) is 5.34. The van der Waals surface area contributed by atoms with Crippen LogP contribution in [0.25, 0.3) is 16.8 Å². The lowest BCUT2D eigenvalue weighted by atomic mass is 9.92. The highest BCUT2D eigenvalue weighted by Gasteiger charge is 2.52. The number of carbonyl (C=O) groups excluding carboxylic acids is 2. The number of halogens is 2. The molecule has 0 unspecified atom stereocenters. The van der Waals surface area contributed by atoms with Gasteiger partial charge in [0.2, 0.25) is 21.7 Å². The quantitative estimate of drug-likeness (QED) is 0.561. The predicted octanol–water partition coefficient (Wildman–Crippen LogP) is 2.38. The van der Waals surface area contributed by atoms with Crippen molar-refractivity contribution in [2.45, 2.75) is 18.3 Å². The van der Waals surface area contributed by atoms with Gasteiger partial charge in [0.15, 0.2) is 0 Å². The summed E-state index contributed by atoms with van der Waals surface area (Å²) in [6.07, 6.45) is 1.37. The summed E-state index contributed by atoms with van der Waals surface area (Å²) in [5.74, 6) is -2.63. The Morgan fingerprint density at radius 3 is 2.33 bits per heavy atom. The second-order valence-electron chi connectivity index (χ2n) is 7.66. The predicted molar refractivity (Wildman–Crippen MR) is 113 cm³/mol. The molecule has 0 saturated heterocycles. The molecule has 3 N–H and O–H groups in total. The molecular formula is C21H18F2N4O5S. The van der Waals surface area contributed by atoms with E-state index in [0.29, 0.717) is 29.7 Å². The molecule has 0 radical (unpaired) electrons. The van der Waals surface area contributed by atoms with E-state index in [0.717, 1.165) is 17.1 Å². The second kappa shape index (κ2) is 7.96. The summed E-state index contributed by atoms with van der Waals surface area (Å²) in [7, 11) is -3.73. The van der Waals surface area contributed by atoms with Crippen molar-refractivity contribution >= 4 is 22.0 Å². The summed E-state index contributed by atoms with van der Waals surface area (Å²) in [5, 5.41) is 3.80. The molecule has 1 saturated carbocycles. The maximum absolute atomic E-state index is 14.9. The largest absolute Gasteiger partial charge is 0.411 e. The van der Waals surface area contributed by atoms with Gasteiger partial charge in [0.05, 0.1) is 23.6 Å². The van der Waals surface area contributed by atoms with Gasteiger partial charge in [-0.05, 0) is 42.2 Å². The van der Waals surface area contributed by atoms with Crippen molar-refractivity contribution < 1.29 is 31.5 Å². The molecule has 0 atom stereocenters. The number of amides is 2. The Kier molecular flexibility index (Phi) is 5.40. The summed E-state index contributed by atoms with van der Waals surface area (Å²) >= 11 is 0. The smallest absolute Gasteiger partial charge is 0.388 e. The Hall–Kier alpha value is -3.80. The number of nitrogens with two attached hydrogens (primary N) is 1. The molecule has 3 aromatic rings. The van der Waals surface area contributed by atoms with Crippen molar-refractivity contribution in [1.29, 1.82) is 0 Å². The summed E-state index contributed by atoms with van der Waals surface area (Å²) in [6, 6.07) is 10.5. The first-order chi connectivity index (χ1) is 15.5. The van der Waals surface area contributed by atoms with Gasteiger partial charge in [-0.3, -0.25) is 9.52 Å². The molecule has 12 heteroatoms.